The lowest BCUT2D eigenvalue weighted by atomic mass is 10.00. The third kappa shape index (κ3) is 4.18. The zero-order valence-corrected chi connectivity index (χ0v) is 18.3. The number of hydrogen-bond donors (Lipinski definition) is 2. The maximum absolute atomic E-state index is 12.6. The van der Waals surface area contributed by atoms with Gasteiger partial charge in [-0.25, -0.2) is 0 Å². The number of carbonyl (C=O) groups excluding carboxylic acids is 4. The smallest absolute Gasteiger partial charge is 0.280 e. The minimum absolute atomic E-state index is 0.136. The van der Waals surface area contributed by atoms with Gasteiger partial charge in [-0.15, -0.1) is 0 Å². The van der Waals surface area contributed by atoms with E-state index in [4.69, 9.17) is 0 Å². The number of hydrogen-bond acceptors (Lipinski definition) is 5. The van der Waals surface area contributed by atoms with Gasteiger partial charge >= 0.3 is 0 Å². The van der Waals surface area contributed by atoms with Crippen LogP contribution in [0.1, 0.15) is 42.2 Å². The molecule has 5 rings (SSSR count). The van der Waals surface area contributed by atoms with Crippen molar-refractivity contribution in [3.8, 4) is 0 Å². The highest BCUT2D eigenvalue weighted by molar-refractivity contribution is 6.22. The molecule has 8 nitrogen and oxygen atoms in total. The molecule has 0 atom stereocenters. The maximum atomic E-state index is 12.6. The first-order chi connectivity index (χ1) is 16.5. The minimum Gasteiger partial charge on any atom is -0.325 e. The van der Waals surface area contributed by atoms with E-state index >= 15 is 0 Å². The standard InChI is InChI=1S/C26H22N4O4/c31-23(16-29-14-13-17-5-1-2-6-19(17)15-29)27-20-11-9-18(10-12-20)24(32)28-30-25(33)21-7-3-4-8-22(21)26(30)34/h1-12H,13-16H2,(H,27,31)(H,28,32). The molecule has 2 aliphatic heterocycles. The molecule has 0 spiro atoms. The summed E-state index contributed by atoms with van der Waals surface area (Å²) in [5, 5.41) is 3.57. The fourth-order valence-electron chi connectivity index (χ4n) is 4.25. The van der Waals surface area contributed by atoms with Crippen LogP contribution in [-0.4, -0.2) is 46.6 Å². The summed E-state index contributed by atoms with van der Waals surface area (Å²) in [6.45, 7) is 1.83. The molecule has 0 saturated heterocycles. The Bertz CT molecular complexity index is 1270. The second-order valence-electron chi connectivity index (χ2n) is 8.29. The SMILES string of the molecule is O=C(CN1CCc2ccccc2C1)Nc1ccc(C(=O)NN2C(=O)c3ccccc3C2=O)cc1. The van der Waals surface area contributed by atoms with Crippen molar-refractivity contribution in [2.24, 2.45) is 0 Å². The largest absolute Gasteiger partial charge is 0.325 e. The van der Waals surface area contributed by atoms with E-state index in [-0.39, 0.29) is 29.1 Å². The van der Waals surface area contributed by atoms with Crippen LogP contribution in [0, 0.1) is 0 Å². The third-order valence-electron chi connectivity index (χ3n) is 6.02. The number of imide groups is 1. The molecule has 8 heteroatoms. The van der Waals surface area contributed by atoms with Crippen LogP contribution in [0.4, 0.5) is 5.69 Å². The van der Waals surface area contributed by atoms with E-state index < -0.39 is 17.7 Å². The van der Waals surface area contributed by atoms with Crippen molar-refractivity contribution in [3.05, 3.63) is 101 Å². The van der Waals surface area contributed by atoms with Crippen molar-refractivity contribution in [1.82, 2.24) is 15.3 Å². The van der Waals surface area contributed by atoms with Gasteiger partial charge in [0, 0.05) is 24.3 Å². The van der Waals surface area contributed by atoms with Gasteiger partial charge in [-0.1, -0.05) is 36.4 Å². The summed E-state index contributed by atoms with van der Waals surface area (Å²) in [7, 11) is 0. The first-order valence-electron chi connectivity index (χ1n) is 11.0. The summed E-state index contributed by atoms with van der Waals surface area (Å²) >= 11 is 0. The van der Waals surface area contributed by atoms with Crippen molar-refractivity contribution in [2.45, 2.75) is 13.0 Å². The van der Waals surface area contributed by atoms with Crippen LogP contribution in [0.5, 0.6) is 0 Å². The first kappa shape index (κ1) is 21.5. The predicted molar refractivity (Wildman–Crippen MR) is 125 cm³/mol. The summed E-state index contributed by atoms with van der Waals surface area (Å²) < 4.78 is 0. The van der Waals surface area contributed by atoms with Crippen molar-refractivity contribution in [2.75, 3.05) is 18.4 Å². The van der Waals surface area contributed by atoms with Crippen LogP contribution in [0.15, 0.2) is 72.8 Å². The number of amides is 4. The molecule has 170 valence electrons. The molecule has 3 aromatic rings. The number of anilines is 1. The van der Waals surface area contributed by atoms with Gasteiger partial charge in [0.15, 0.2) is 0 Å². The van der Waals surface area contributed by atoms with Crippen molar-refractivity contribution in [1.29, 1.82) is 0 Å². The minimum atomic E-state index is -0.598. The van der Waals surface area contributed by atoms with Gasteiger partial charge in [0.25, 0.3) is 17.7 Å². The third-order valence-corrected chi connectivity index (χ3v) is 6.02. The molecule has 2 N–H and O–H groups in total. The highest BCUT2D eigenvalue weighted by atomic mass is 16.2. The Labute approximate surface area is 196 Å². The Kier molecular flexibility index (Phi) is 5.65. The monoisotopic (exact) mass is 454 g/mol. The highest BCUT2D eigenvalue weighted by Gasteiger charge is 2.36. The van der Waals surface area contributed by atoms with Crippen LogP contribution >= 0.6 is 0 Å². The van der Waals surface area contributed by atoms with E-state index in [0.29, 0.717) is 5.69 Å². The van der Waals surface area contributed by atoms with Crippen molar-refractivity contribution >= 4 is 29.3 Å². The average molecular weight is 454 g/mol. The van der Waals surface area contributed by atoms with Crippen LogP contribution in [-0.2, 0) is 17.8 Å². The molecule has 3 aromatic carbocycles. The normalized spacial score (nSPS) is 15.0. The van der Waals surface area contributed by atoms with Crippen LogP contribution in [0.2, 0.25) is 0 Å². The van der Waals surface area contributed by atoms with Crippen molar-refractivity contribution in [3.63, 3.8) is 0 Å². The number of carbonyl (C=O) groups is 4. The van der Waals surface area contributed by atoms with Crippen LogP contribution in [0.25, 0.3) is 0 Å². The summed E-state index contributed by atoms with van der Waals surface area (Å²) in [5.74, 6) is -1.88. The van der Waals surface area contributed by atoms with Gasteiger partial charge in [0.05, 0.1) is 17.7 Å². The van der Waals surface area contributed by atoms with Crippen LogP contribution < -0.4 is 10.7 Å². The lowest BCUT2D eigenvalue weighted by Crippen LogP contribution is -2.45. The Morgan fingerprint density at radius 1 is 0.794 bits per heavy atom. The Morgan fingerprint density at radius 3 is 2.09 bits per heavy atom. The average Bonchev–Trinajstić information content (AvgIpc) is 3.09. The lowest BCUT2D eigenvalue weighted by Gasteiger charge is -2.28. The van der Waals surface area contributed by atoms with E-state index in [1.54, 1.807) is 36.4 Å². The van der Waals surface area contributed by atoms with E-state index in [2.05, 4.69) is 27.8 Å². The molecule has 0 unspecified atom stereocenters. The van der Waals surface area contributed by atoms with Crippen molar-refractivity contribution < 1.29 is 19.2 Å². The maximum Gasteiger partial charge on any atom is 0.280 e. The molecule has 0 aromatic heterocycles. The van der Waals surface area contributed by atoms with Gasteiger partial charge in [-0.2, -0.15) is 5.01 Å². The number of hydrazine groups is 1. The Balaban J connectivity index is 1.17. The summed E-state index contributed by atoms with van der Waals surface area (Å²) in [4.78, 5) is 52.0. The molecule has 0 radical (unpaired) electrons. The van der Waals surface area contributed by atoms with Gasteiger partial charge in [-0.3, -0.25) is 29.5 Å². The number of benzene rings is 3. The van der Waals surface area contributed by atoms with Gasteiger partial charge in [0.2, 0.25) is 5.91 Å². The molecule has 0 bridgehead atoms. The van der Waals surface area contributed by atoms with E-state index in [1.165, 1.54) is 23.3 Å². The summed E-state index contributed by atoms with van der Waals surface area (Å²) in [5.41, 5.74) is 6.25. The predicted octanol–water partition coefficient (Wildman–Crippen LogP) is 2.62. The number of nitrogens with zero attached hydrogens (tertiary/aromatic N) is 2. The molecule has 0 aliphatic carbocycles. The second kappa shape index (κ2) is 8.92. The molecule has 0 saturated carbocycles. The quantitative estimate of drug-likeness (QED) is 0.578. The topological polar surface area (TPSA) is 98.8 Å². The summed E-state index contributed by atoms with van der Waals surface area (Å²) in [6, 6.07) is 20.9. The van der Waals surface area contributed by atoms with Gasteiger partial charge < -0.3 is 5.32 Å². The molecular weight excluding hydrogens is 432 g/mol. The molecule has 2 aliphatic rings. The molecule has 34 heavy (non-hydrogen) atoms. The van der Waals surface area contributed by atoms with Gasteiger partial charge in [0.1, 0.15) is 0 Å². The lowest BCUT2D eigenvalue weighted by molar-refractivity contribution is -0.117. The Hall–Kier alpha value is -4.30. The van der Waals surface area contributed by atoms with Gasteiger partial charge in [-0.05, 0) is 53.9 Å². The number of nitrogens with one attached hydrogen (secondary N) is 2. The fourth-order valence-corrected chi connectivity index (χ4v) is 4.25. The van der Waals surface area contributed by atoms with E-state index in [1.807, 2.05) is 12.1 Å². The summed E-state index contributed by atoms with van der Waals surface area (Å²) in [6.07, 6.45) is 0.917. The molecule has 4 amide bonds. The fraction of sp³-hybridized carbons (Fsp3) is 0.154. The number of fused-ring (bicyclic) bond motifs is 2. The second-order valence-corrected chi connectivity index (χ2v) is 8.29. The first-order valence-corrected chi connectivity index (χ1v) is 11.0. The van der Waals surface area contributed by atoms with E-state index in [0.717, 1.165) is 24.5 Å². The van der Waals surface area contributed by atoms with Crippen LogP contribution in [0.3, 0.4) is 0 Å². The number of rotatable bonds is 5. The zero-order valence-electron chi connectivity index (χ0n) is 18.3. The molecular formula is C26H22N4O4. The molecule has 0 fully saturated rings. The molecule has 2 heterocycles. The zero-order chi connectivity index (χ0) is 23.7. The Morgan fingerprint density at radius 2 is 1.41 bits per heavy atom. The van der Waals surface area contributed by atoms with E-state index in [9.17, 15) is 19.2 Å². The highest BCUT2D eigenvalue weighted by Crippen LogP contribution is 2.21.